The van der Waals surface area contributed by atoms with Gasteiger partial charge in [0, 0.05) is 25.2 Å². The molecular weight excluding hydrogens is 310 g/mol. The summed E-state index contributed by atoms with van der Waals surface area (Å²) >= 11 is 0. The van der Waals surface area contributed by atoms with Crippen molar-refractivity contribution >= 4 is 17.7 Å². The van der Waals surface area contributed by atoms with Crippen molar-refractivity contribution < 1.29 is 23.9 Å². The number of hydrogen-bond donors (Lipinski definition) is 0. The predicted octanol–water partition coefficient (Wildman–Crippen LogP) is 2.00. The summed E-state index contributed by atoms with van der Waals surface area (Å²) in [6.07, 6.45) is 4.13. The lowest BCUT2D eigenvalue weighted by atomic mass is 9.78. The Bertz CT molecular complexity index is 609. The van der Waals surface area contributed by atoms with E-state index in [0.717, 1.165) is 31.6 Å². The first-order chi connectivity index (χ1) is 11.3. The predicted molar refractivity (Wildman–Crippen MR) is 88.0 cm³/mol. The molecule has 2 rings (SSSR count). The largest absolute Gasteiger partial charge is 0.465 e. The quantitative estimate of drug-likeness (QED) is 0.735. The van der Waals surface area contributed by atoms with Crippen molar-refractivity contribution in [3.05, 3.63) is 22.9 Å². The maximum absolute atomic E-state index is 12.5. The van der Waals surface area contributed by atoms with Crippen LogP contribution in [0.4, 0.5) is 0 Å². The van der Waals surface area contributed by atoms with Crippen LogP contribution in [0.15, 0.2) is 22.9 Å². The molecule has 0 unspecified atom stereocenters. The van der Waals surface area contributed by atoms with Gasteiger partial charge in [-0.2, -0.15) is 0 Å². The SMILES string of the molecule is COC(=O)C1=CC(=O)CC(C)(C)CC(N2CCCC2)=C1C(=O)OC. The van der Waals surface area contributed by atoms with E-state index in [0.29, 0.717) is 12.8 Å². The summed E-state index contributed by atoms with van der Waals surface area (Å²) < 4.78 is 9.72. The molecule has 1 fully saturated rings. The normalized spacial score (nSPS) is 21.1. The zero-order chi connectivity index (χ0) is 17.9. The number of rotatable bonds is 3. The molecule has 2 aliphatic rings. The third kappa shape index (κ3) is 3.86. The van der Waals surface area contributed by atoms with Crippen LogP contribution in [0, 0.1) is 5.41 Å². The molecule has 0 atom stereocenters. The van der Waals surface area contributed by atoms with Gasteiger partial charge in [0.2, 0.25) is 0 Å². The summed E-state index contributed by atoms with van der Waals surface area (Å²) in [5, 5.41) is 0. The topological polar surface area (TPSA) is 72.9 Å². The fourth-order valence-electron chi connectivity index (χ4n) is 3.37. The van der Waals surface area contributed by atoms with Gasteiger partial charge >= 0.3 is 11.9 Å². The minimum absolute atomic E-state index is 0.00764. The smallest absolute Gasteiger partial charge is 0.340 e. The number of methoxy groups -OCH3 is 2. The van der Waals surface area contributed by atoms with Crippen molar-refractivity contribution in [2.45, 2.75) is 39.5 Å². The molecule has 0 saturated carbocycles. The molecule has 1 heterocycles. The highest BCUT2D eigenvalue weighted by molar-refractivity contribution is 6.11. The summed E-state index contributed by atoms with van der Waals surface area (Å²) in [6.45, 7) is 5.64. The maximum Gasteiger partial charge on any atom is 0.340 e. The Kier molecular flexibility index (Phi) is 5.47. The van der Waals surface area contributed by atoms with Crippen LogP contribution in [-0.4, -0.2) is 49.9 Å². The van der Waals surface area contributed by atoms with Gasteiger partial charge < -0.3 is 14.4 Å². The van der Waals surface area contributed by atoms with E-state index in [-0.39, 0.29) is 22.3 Å². The van der Waals surface area contributed by atoms with Crippen LogP contribution >= 0.6 is 0 Å². The highest BCUT2D eigenvalue weighted by Gasteiger charge is 2.36. The minimum atomic E-state index is -0.694. The molecule has 0 aromatic heterocycles. The van der Waals surface area contributed by atoms with Crippen molar-refractivity contribution in [3.63, 3.8) is 0 Å². The third-order valence-electron chi connectivity index (χ3n) is 4.44. The molecule has 1 aliphatic heterocycles. The van der Waals surface area contributed by atoms with Gasteiger partial charge in [-0.05, 0) is 30.8 Å². The first kappa shape index (κ1) is 18.2. The zero-order valence-corrected chi connectivity index (χ0v) is 14.8. The van der Waals surface area contributed by atoms with Gasteiger partial charge in [-0.3, -0.25) is 4.79 Å². The molecule has 0 N–H and O–H groups in total. The minimum Gasteiger partial charge on any atom is -0.465 e. The Hall–Kier alpha value is -2.11. The number of ketones is 1. The van der Waals surface area contributed by atoms with Gasteiger partial charge in [-0.25, -0.2) is 9.59 Å². The molecule has 0 radical (unpaired) electrons. The molecule has 132 valence electrons. The average molecular weight is 335 g/mol. The second-order valence-electron chi connectivity index (χ2n) is 7.04. The highest BCUT2D eigenvalue weighted by Crippen LogP contribution is 2.38. The Morgan fingerprint density at radius 1 is 1.04 bits per heavy atom. The lowest BCUT2D eigenvalue weighted by molar-refractivity contribution is -0.139. The van der Waals surface area contributed by atoms with Crippen LogP contribution in [-0.2, 0) is 23.9 Å². The number of ether oxygens (including phenoxy) is 2. The number of carbonyl (C=O) groups excluding carboxylic acids is 3. The van der Waals surface area contributed by atoms with Crippen LogP contribution in [0.2, 0.25) is 0 Å². The van der Waals surface area contributed by atoms with Gasteiger partial charge in [0.05, 0.1) is 25.4 Å². The molecule has 24 heavy (non-hydrogen) atoms. The molecule has 1 saturated heterocycles. The van der Waals surface area contributed by atoms with Crippen LogP contribution in [0.3, 0.4) is 0 Å². The Morgan fingerprint density at radius 2 is 1.62 bits per heavy atom. The van der Waals surface area contributed by atoms with Gasteiger partial charge in [0.1, 0.15) is 0 Å². The molecule has 0 bridgehead atoms. The van der Waals surface area contributed by atoms with Crippen molar-refractivity contribution in [1.82, 2.24) is 4.90 Å². The molecular formula is C18H25NO5. The van der Waals surface area contributed by atoms with Crippen LogP contribution in [0.1, 0.15) is 39.5 Å². The van der Waals surface area contributed by atoms with Crippen molar-refractivity contribution in [3.8, 4) is 0 Å². The van der Waals surface area contributed by atoms with Gasteiger partial charge in [-0.1, -0.05) is 13.8 Å². The van der Waals surface area contributed by atoms with Gasteiger partial charge in [0.15, 0.2) is 5.78 Å². The van der Waals surface area contributed by atoms with Crippen molar-refractivity contribution in [1.29, 1.82) is 0 Å². The van der Waals surface area contributed by atoms with E-state index < -0.39 is 11.9 Å². The lowest BCUT2D eigenvalue weighted by Crippen LogP contribution is -2.32. The number of nitrogens with zero attached hydrogens (tertiary/aromatic N) is 1. The van der Waals surface area contributed by atoms with Crippen molar-refractivity contribution in [2.24, 2.45) is 5.41 Å². The Labute approximate surface area is 142 Å². The van der Waals surface area contributed by atoms with Crippen LogP contribution in [0.5, 0.6) is 0 Å². The molecule has 0 amide bonds. The molecule has 6 nitrogen and oxygen atoms in total. The van der Waals surface area contributed by atoms with E-state index >= 15 is 0 Å². The third-order valence-corrected chi connectivity index (χ3v) is 4.44. The van der Waals surface area contributed by atoms with Crippen LogP contribution in [0.25, 0.3) is 0 Å². The number of allylic oxidation sites excluding steroid dienone is 2. The van der Waals surface area contributed by atoms with E-state index in [4.69, 9.17) is 9.47 Å². The monoisotopic (exact) mass is 335 g/mol. The Balaban J connectivity index is 2.68. The molecule has 1 aliphatic carbocycles. The highest BCUT2D eigenvalue weighted by atomic mass is 16.5. The van der Waals surface area contributed by atoms with Crippen LogP contribution < -0.4 is 0 Å². The molecule has 0 spiro atoms. The zero-order valence-electron chi connectivity index (χ0n) is 14.8. The second kappa shape index (κ2) is 7.20. The molecule has 0 aromatic carbocycles. The first-order valence-electron chi connectivity index (χ1n) is 8.18. The molecule has 0 aromatic rings. The number of likely N-dealkylation sites (tertiary alicyclic amines) is 1. The van der Waals surface area contributed by atoms with E-state index in [1.165, 1.54) is 20.3 Å². The first-order valence-corrected chi connectivity index (χ1v) is 8.18. The van der Waals surface area contributed by atoms with E-state index in [1.54, 1.807) is 0 Å². The summed E-state index contributed by atoms with van der Waals surface area (Å²) in [7, 11) is 2.51. The average Bonchev–Trinajstić information content (AvgIpc) is 3.04. The fourth-order valence-corrected chi connectivity index (χ4v) is 3.37. The van der Waals surface area contributed by atoms with Gasteiger partial charge in [-0.15, -0.1) is 0 Å². The summed E-state index contributed by atoms with van der Waals surface area (Å²) in [6, 6.07) is 0. The number of hydrogen-bond acceptors (Lipinski definition) is 6. The van der Waals surface area contributed by atoms with E-state index in [9.17, 15) is 14.4 Å². The summed E-state index contributed by atoms with van der Waals surface area (Å²) in [4.78, 5) is 39.1. The number of esters is 2. The fraction of sp³-hybridized carbons (Fsp3) is 0.611. The second-order valence-corrected chi connectivity index (χ2v) is 7.04. The van der Waals surface area contributed by atoms with Gasteiger partial charge in [0.25, 0.3) is 0 Å². The standard InChI is InChI=1S/C18H25NO5/c1-18(2)10-12(20)9-13(16(21)23-3)15(17(22)24-4)14(11-18)19-7-5-6-8-19/h9H,5-8,10-11H2,1-4H3. The van der Waals surface area contributed by atoms with E-state index in [2.05, 4.69) is 4.90 Å². The molecule has 6 heteroatoms. The van der Waals surface area contributed by atoms with Crippen molar-refractivity contribution in [2.75, 3.05) is 27.3 Å². The summed E-state index contributed by atoms with van der Waals surface area (Å²) in [5.74, 6) is -1.50. The lowest BCUT2D eigenvalue weighted by Gasteiger charge is -2.33. The van der Waals surface area contributed by atoms with E-state index in [1.807, 2.05) is 13.8 Å². The number of carbonyl (C=O) groups is 3. The maximum atomic E-state index is 12.5. The Morgan fingerprint density at radius 3 is 2.17 bits per heavy atom. The summed E-state index contributed by atoms with van der Waals surface area (Å²) in [5.41, 5.74) is 0.611.